The zero-order chi connectivity index (χ0) is 12.3. The number of hydrogen-bond donors (Lipinski definition) is 1. The molecular formula is C11H13BrN4O. The molecule has 0 fully saturated rings. The molecular weight excluding hydrogens is 284 g/mol. The summed E-state index contributed by atoms with van der Waals surface area (Å²) in [6.45, 7) is 0.914. The van der Waals surface area contributed by atoms with Crippen LogP contribution in [0.15, 0.2) is 28.9 Å². The van der Waals surface area contributed by atoms with E-state index >= 15 is 0 Å². The average molecular weight is 297 g/mol. The van der Waals surface area contributed by atoms with Crippen LogP contribution in [0.5, 0.6) is 5.75 Å². The standard InChI is InChI=1S/C11H13BrN4O/c1-16-6-9(14-15-16)7-17-11-3-2-8(5-13)4-10(11)12/h2-4,6H,5,7,13H2,1H3. The zero-order valence-electron chi connectivity index (χ0n) is 9.43. The van der Waals surface area contributed by atoms with Crippen LogP contribution in [-0.2, 0) is 20.2 Å². The first-order valence-electron chi connectivity index (χ1n) is 5.15. The monoisotopic (exact) mass is 296 g/mol. The molecule has 0 amide bonds. The Morgan fingerprint density at radius 1 is 1.47 bits per heavy atom. The topological polar surface area (TPSA) is 66.0 Å². The number of halogens is 1. The summed E-state index contributed by atoms with van der Waals surface area (Å²) in [5.74, 6) is 0.771. The van der Waals surface area contributed by atoms with E-state index in [0.29, 0.717) is 13.2 Å². The number of ether oxygens (including phenoxy) is 1. The van der Waals surface area contributed by atoms with E-state index in [-0.39, 0.29) is 0 Å². The van der Waals surface area contributed by atoms with Crippen LogP contribution in [0.25, 0.3) is 0 Å². The Labute approximate surface area is 108 Å². The molecule has 0 aliphatic heterocycles. The number of aromatic nitrogens is 3. The Bertz CT molecular complexity index is 512. The van der Waals surface area contributed by atoms with E-state index in [0.717, 1.165) is 21.5 Å². The molecule has 5 nitrogen and oxygen atoms in total. The fourth-order valence-electron chi connectivity index (χ4n) is 1.40. The number of rotatable bonds is 4. The molecule has 0 aliphatic rings. The lowest BCUT2D eigenvalue weighted by atomic mass is 10.2. The third-order valence-corrected chi connectivity index (χ3v) is 2.88. The maximum absolute atomic E-state index is 5.63. The van der Waals surface area contributed by atoms with Gasteiger partial charge < -0.3 is 10.5 Å². The molecule has 2 rings (SSSR count). The van der Waals surface area contributed by atoms with Gasteiger partial charge >= 0.3 is 0 Å². The van der Waals surface area contributed by atoms with E-state index in [2.05, 4.69) is 26.2 Å². The number of hydrogen-bond acceptors (Lipinski definition) is 4. The molecule has 6 heteroatoms. The van der Waals surface area contributed by atoms with Crippen LogP contribution in [0.2, 0.25) is 0 Å². The van der Waals surface area contributed by atoms with Gasteiger partial charge in [-0.05, 0) is 33.6 Å². The predicted octanol–water partition coefficient (Wildman–Crippen LogP) is 1.62. The van der Waals surface area contributed by atoms with Gasteiger partial charge in [0.1, 0.15) is 18.1 Å². The van der Waals surface area contributed by atoms with Gasteiger partial charge in [0.15, 0.2) is 0 Å². The second-order valence-electron chi connectivity index (χ2n) is 3.64. The Hall–Kier alpha value is -1.40. The number of nitrogens with zero attached hydrogens (tertiary/aromatic N) is 3. The molecule has 0 saturated carbocycles. The minimum Gasteiger partial charge on any atom is -0.486 e. The summed E-state index contributed by atoms with van der Waals surface area (Å²) in [7, 11) is 1.82. The van der Waals surface area contributed by atoms with E-state index in [1.165, 1.54) is 0 Å². The number of benzene rings is 1. The SMILES string of the molecule is Cn1cc(COc2ccc(CN)cc2Br)nn1. The van der Waals surface area contributed by atoms with Crippen molar-refractivity contribution in [2.75, 3.05) is 0 Å². The van der Waals surface area contributed by atoms with Gasteiger partial charge in [0.2, 0.25) is 0 Å². The highest BCUT2D eigenvalue weighted by Gasteiger charge is 2.04. The van der Waals surface area contributed by atoms with Crippen LogP contribution in [0.4, 0.5) is 0 Å². The minimum atomic E-state index is 0.397. The van der Waals surface area contributed by atoms with E-state index in [1.807, 2.05) is 31.4 Å². The van der Waals surface area contributed by atoms with Crippen molar-refractivity contribution in [3.8, 4) is 5.75 Å². The van der Waals surface area contributed by atoms with Crippen LogP contribution in [0.3, 0.4) is 0 Å². The van der Waals surface area contributed by atoms with Gasteiger partial charge in [-0.15, -0.1) is 5.10 Å². The number of nitrogens with two attached hydrogens (primary N) is 1. The van der Waals surface area contributed by atoms with Gasteiger partial charge in [0.05, 0.1) is 10.7 Å². The first-order valence-corrected chi connectivity index (χ1v) is 5.95. The molecule has 0 unspecified atom stereocenters. The third kappa shape index (κ3) is 3.04. The van der Waals surface area contributed by atoms with Gasteiger partial charge in [0, 0.05) is 13.6 Å². The van der Waals surface area contributed by atoms with Crippen molar-refractivity contribution in [1.82, 2.24) is 15.0 Å². The van der Waals surface area contributed by atoms with Gasteiger partial charge in [-0.3, -0.25) is 4.68 Å². The highest BCUT2D eigenvalue weighted by Crippen LogP contribution is 2.26. The van der Waals surface area contributed by atoms with E-state index in [1.54, 1.807) is 4.68 Å². The maximum atomic E-state index is 5.63. The lowest BCUT2D eigenvalue weighted by molar-refractivity contribution is 0.299. The molecule has 1 aromatic heterocycles. The third-order valence-electron chi connectivity index (χ3n) is 2.26. The normalized spacial score (nSPS) is 10.5. The van der Waals surface area contributed by atoms with Gasteiger partial charge in [0.25, 0.3) is 0 Å². The first-order chi connectivity index (χ1) is 8.19. The van der Waals surface area contributed by atoms with Crippen LogP contribution in [-0.4, -0.2) is 15.0 Å². The Kier molecular flexibility index (Phi) is 3.75. The van der Waals surface area contributed by atoms with Crippen LogP contribution >= 0.6 is 15.9 Å². The lowest BCUT2D eigenvalue weighted by Gasteiger charge is -2.07. The van der Waals surface area contributed by atoms with Crippen molar-refractivity contribution in [2.24, 2.45) is 12.8 Å². The molecule has 17 heavy (non-hydrogen) atoms. The summed E-state index contributed by atoms with van der Waals surface area (Å²) in [5.41, 5.74) is 7.41. The van der Waals surface area contributed by atoms with Crippen LogP contribution < -0.4 is 10.5 Å². The summed E-state index contributed by atoms with van der Waals surface area (Å²) in [6, 6.07) is 5.78. The molecule has 0 spiro atoms. The van der Waals surface area contributed by atoms with Crippen molar-refractivity contribution in [3.63, 3.8) is 0 Å². The smallest absolute Gasteiger partial charge is 0.134 e. The second-order valence-corrected chi connectivity index (χ2v) is 4.50. The van der Waals surface area contributed by atoms with Crippen molar-refractivity contribution in [1.29, 1.82) is 0 Å². The van der Waals surface area contributed by atoms with E-state index in [4.69, 9.17) is 10.5 Å². The van der Waals surface area contributed by atoms with Crippen molar-refractivity contribution in [3.05, 3.63) is 40.1 Å². The van der Waals surface area contributed by atoms with Crippen molar-refractivity contribution in [2.45, 2.75) is 13.2 Å². The average Bonchev–Trinajstić information content (AvgIpc) is 2.73. The number of aryl methyl sites for hydroxylation is 1. The van der Waals surface area contributed by atoms with Crippen LogP contribution in [0, 0.1) is 0 Å². The predicted molar refractivity (Wildman–Crippen MR) is 67.4 cm³/mol. The Morgan fingerprint density at radius 3 is 2.88 bits per heavy atom. The molecule has 1 heterocycles. The molecule has 0 aliphatic carbocycles. The highest BCUT2D eigenvalue weighted by atomic mass is 79.9. The summed E-state index contributed by atoms with van der Waals surface area (Å²) in [4.78, 5) is 0. The Morgan fingerprint density at radius 2 is 2.29 bits per heavy atom. The second kappa shape index (κ2) is 5.29. The molecule has 0 bridgehead atoms. The zero-order valence-corrected chi connectivity index (χ0v) is 11.0. The van der Waals surface area contributed by atoms with E-state index < -0.39 is 0 Å². The van der Waals surface area contributed by atoms with Crippen LogP contribution in [0.1, 0.15) is 11.3 Å². The molecule has 90 valence electrons. The largest absolute Gasteiger partial charge is 0.486 e. The van der Waals surface area contributed by atoms with Gasteiger partial charge in [-0.2, -0.15) is 0 Å². The molecule has 0 atom stereocenters. The lowest BCUT2D eigenvalue weighted by Crippen LogP contribution is -1.99. The first kappa shape index (κ1) is 12.1. The van der Waals surface area contributed by atoms with Crippen molar-refractivity contribution < 1.29 is 4.74 Å². The summed E-state index contributed by atoms with van der Waals surface area (Å²) in [5, 5.41) is 7.78. The fourth-order valence-corrected chi connectivity index (χ4v) is 1.94. The molecule has 2 aromatic rings. The molecule has 0 radical (unpaired) electrons. The van der Waals surface area contributed by atoms with E-state index in [9.17, 15) is 0 Å². The highest BCUT2D eigenvalue weighted by molar-refractivity contribution is 9.10. The summed E-state index contributed by atoms with van der Waals surface area (Å²) >= 11 is 3.44. The Balaban J connectivity index is 2.04. The summed E-state index contributed by atoms with van der Waals surface area (Å²) < 4.78 is 8.17. The molecule has 2 N–H and O–H groups in total. The van der Waals surface area contributed by atoms with Gasteiger partial charge in [-0.1, -0.05) is 11.3 Å². The molecule has 1 aromatic carbocycles. The maximum Gasteiger partial charge on any atom is 0.134 e. The quantitative estimate of drug-likeness (QED) is 0.931. The van der Waals surface area contributed by atoms with Crippen molar-refractivity contribution >= 4 is 15.9 Å². The minimum absolute atomic E-state index is 0.397. The fraction of sp³-hybridized carbons (Fsp3) is 0.273. The van der Waals surface area contributed by atoms with Gasteiger partial charge in [-0.25, -0.2) is 0 Å². The molecule has 0 saturated heterocycles. The summed E-state index contributed by atoms with van der Waals surface area (Å²) in [6.07, 6.45) is 1.82.